The van der Waals surface area contributed by atoms with Crippen LogP contribution in [0.3, 0.4) is 0 Å². The monoisotopic (exact) mass is 785 g/mol. The number of nitrogens with one attached hydrogen (secondary N) is 1. The number of carbonyl (C=O) groups is 2. The third-order valence-electron chi connectivity index (χ3n) is 13.9. The zero-order valence-electron chi connectivity index (χ0n) is 34.2. The zero-order chi connectivity index (χ0) is 40.5. The molecule has 3 fully saturated rings. The van der Waals surface area contributed by atoms with Gasteiger partial charge in [-0.1, -0.05) is 105 Å². The Balaban J connectivity index is 1.19. The van der Waals surface area contributed by atoms with Crippen LogP contribution >= 0.6 is 0 Å². The molecule has 1 N–H and O–H groups in total. The second kappa shape index (κ2) is 15.9. The first-order chi connectivity index (χ1) is 28.1. The van der Waals surface area contributed by atoms with E-state index in [1.54, 1.807) is 14.2 Å². The fraction of sp³-hybridized carbons (Fsp3) is 0.429. The molecule has 0 bridgehead atoms. The van der Waals surface area contributed by atoms with Crippen molar-refractivity contribution < 1.29 is 38.0 Å². The number of hydrogen-bond donors (Lipinski definition) is 1. The van der Waals surface area contributed by atoms with Gasteiger partial charge in [-0.3, -0.25) is 4.79 Å². The predicted octanol–water partition coefficient (Wildman–Crippen LogP) is 8.90. The number of cyclic esters (lactones) is 1. The van der Waals surface area contributed by atoms with Gasteiger partial charge in [0.05, 0.1) is 38.1 Å². The summed E-state index contributed by atoms with van der Waals surface area (Å²) in [5, 5.41) is 3.70. The highest BCUT2D eigenvalue weighted by molar-refractivity contribution is 5.91. The lowest BCUT2D eigenvalue weighted by atomic mass is 9.44. The Kier molecular flexibility index (Phi) is 10.9. The molecule has 0 unspecified atom stereocenters. The Labute approximate surface area is 342 Å². The van der Waals surface area contributed by atoms with E-state index in [0.717, 1.165) is 41.6 Å². The Morgan fingerprint density at radius 1 is 0.810 bits per heavy atom. The van der Waals surface area contributed by atoms with Crippen molar-refractivity contribution in [1.29, 1.82) is 0 Å². The minimum Gasteiger partial charge on any atom is -0.493 e. The highest BCUT2D eigenvalue weighted by Crippen LogP contribution is 2.67. The third-order valence-corrected chi connectivity index (χ3v) is 13.9. The molecule has 304 valence electrons. The summed E-state index contributed by atoms with van der Waals surface area (Å²) in [6, 6.07) is 37.1. The molecule has 4 aliphatic rings. The van der Waals surface area contributed by atoms with Gasteiger partial charge < -0.3 is 33.7 Å². The van der Waals surface area contributed by atoms with Gasteiger partial charge in [-0.05, 0) is 84.3 Å². The molecule has 9 heteroatoms. The summed E-state index contributed by atoms with van der Waals surface area (Å²) in [5.74, 6) is 0.848. The topological polar surface area (TPSA) is 102 Å². The van der Waals surface area contributed by atoms with Crippen molar-refractivity contribution in [2.24, 2.45) is 22.7 Å². The minimum absolute atomic E-state index is 0.0606. The first-order valence-electron chi connectivity index (χ1n) is 20.5. The molecule has 0 aromatic heterocycles. The normalized spacial score (nSPS) is 29.1. The quantitative estimate of drug-likeness (QED) is 0.105. The van der Waals surface area contributed by atoms with Crippen molar-refractivity contribution in [2.75, 3.05) is 39.3 Å². The van der Waals surface area contributed by atoms with Gasteiger partial charge in [0.1, 0.15) is 18.3 Å². The molecule has 0 amide bonds. The number of hydrogen-bond acceptors (Lipinski definition) is 9. The maximum atomic E-state index is 13.0. The molecule has 2 saturated carbocycles. The largest absolute Gasteiger partial charge is 0.493 e. The van der Waals surface area contributed by atoms with Crippen LogP contribution in [0.1, 0.15) is 69.6 Å². The number of rotatable bonds is 13. The SMILES string of the molecule is COc1ccc(NC[C@]23CC[C@@H]4[C@](C)(COC(c5ccccc5)(c5ccccc5)c5ccccc5)[C@H](OC(C)=O)CC[C@@]4(C)[C@@H]2C[C@@H](C2=CCOC2=O)O3)cc1OC. The van der Waals surface area contributed by atoms with Gasteiger partial charge in [-0.25, -0.2) is 4.79 Å². The van der Waals surface area contributed by atoms with Gasteiger partial charge in [-0.2, -0.15) is 0 Å². The first-order valence-corrected chi connectivity index (χ1v) is 20.5. The smallest absolute Gasteiger partial charge is 0.336 e. The number of ether oxygens (including phenoxy) is 6. The van der Waals surface area contributed by atoms with Crippen LogP contribution in [0.15, 0.2) is 121 Å². The average Bonchev–Trinajstić information content (AvgIpc) is 3.87. The van der Waals surface area contributed by atoms with E-state index in [1.807, 2.05) is 42.5 Å². The average molecular weight is 786 g/mol. The van der Waals surface area contributed by atoms with Crippen LogP contribution in [-0.4, -0.2) is 63.7 Å². The molecule has 2 heterocycles. The molecular formula is C49H55NO8. The second-order valence-electron chi connectivity index (χ2n) is 16.9. The van der Waals surface area contributed by atoms with Crippen molar-refractivity contribution in [1.82, 2.24) is 0 Å². The molecule has 8 rings (SSSR count). The zero-order valence-corrected chi connectivity index (χ0v) is 34.2. The van der Waals surface area contributed by atoms with E-state index in [4.69, 9.17) is 28.4 Å². The van der Waals surface area contributed by atoms with Gasteiger partial charge >= 0.3 is 11.9 Å². The van der Waals surface area contributed by atoms with Gasteiger partial charge in [0, 0.05) is 30.6 Å². The van der Waals surface area contributed by atoms with Crippen LogP contribution in [0, 0.1) is 22.7 Å². The second-order valence-corrected chi connectivity index (χ2v) is 16.9. The van der Waals surface area contributed by atoms with Crippen molar-refractivity contribution in [3.05, 3.63) is 138 Å². The van der Waals surface area contributed by atoms with E-state index < -0.39 is 22.7 Å². The summed E-state index contributed by atoms with van der Waals surface area (Å²) in [5.41, 5.74) is 2.17. The number of carbonyl (C=O) groups excluding carboxylic acids is 2. The third kappa shape index (κ3) is 6.86. The van der Waals surface area contributed by atoms with Crippen LogP contribution in [0.2, 0.25) is 0 Å². The summed E-state index contributed by atoms with van der Waals surface area (Å²) in [6.45, 7) is 7.31. The minimum atomic E-state index is -0.944. The van der Waals surface area contributed by atoms with E-state index >= 15 is 0 Å². The van der Waals surface area contributed by atoms with Crippen LogP contribution in [0.5, 0.6) is 11.5 Å². The number of fused-ring (bicyclic) bond motifs is 3. The van der Waals surface area contributed by atoms with Crippen LogP contribution in [0.25, 0.3) is 0 Å². The lowest BCUT2D eigenvalue weighted by molar-refractivity contribution is -0.220. The van der Waals surface area contributed by atoms with Gasteiger partial charge in [0.25, 0.3) is 0 Å². The maximum Gasteiger partial charge on any atom is 0.336 e. The fourth-order valence-electron chi connectivity index (χ4n) is 11.2. The molecule has 7 atom stereocenters. The van der Waals surface area contributed by atoms with Crippen LogP contribution < -0.4 is 14.8 Å². The van der Waals surface area contributed by atoms with Gasteiger partial charge in [-0.15, -0.1) is 0 Å². The fourth-order valence-corrected chi connectivity index (χ4v) is 11.2. The molecule has 2 aliphatic carbocycles. The maximum absolute atomic E-state index is 13.0. The summed E-state index contributed by atoms with van der Waals surface area (Å²) in [7, 11) is 3.26. The highest BCUT2D eigenvalue weighted by Gasteiger charge is 2.67. The van der Waals surface area contributed by atoms with E-state index in [1.165, 1.54) is 6.92 Å². The molecule has 0 radical (unpaired) electrons. The number of esters is 2. The molecular weight excluding hydrogens is 731 g/mol. The van der Waals surface area contributed by atoms with Crippen LogP contribution in [-0.2, 0) is 34.1 Å². The molecule has 4 aromatic carbocycles. The summed E-state index contributed by atoms with van der Waals surface area (Å²) >= 11 is 0. The first kappa shape index (κ1) is 39.7. The lowest BCUT2D eigenvalue weighted by Crippen LogP contribution is -2.64. The van der Waals surface area contributed by atoms with Gasteiger partial charge in [0.15, 0.2) is 11.5 Å². The Morgan fingerprint density at radius 2 is 1.43 bits per heavy atom. The summed E-state index contributed by atoms with van der Waals surface area (Å²) in [6.07, 6.45) is 4.85. The van der Waals surface area contributed by atoms with Crippen molar-refractivity contribution >= 4 is 17.6 Å². The predicted molar refractivity (Wildman–Crippen MR) is 222 cm³/mol. The van der Waals surface area contributed by atoms with Crippen molar-refractivity contribution in [2.45, 2.75) is 76.3 Å². The van der Waals surface area contributed by atoms with Crippen molar-refractivity contribution in [3.8, 4) is 11.5 Å². The molecule has 4 aromatic rings. The summed E-state index contributed by atoms with van der Waals surface area (Å²) in [4.78, 5) is 26.0. The standard InChI is InChI=1S/C49H55NO8/c1-33(51)57-44-24-26-46(2)42(47(44,3)32-56-49(34-15-9-6-10-16-34,35-17-11-7-12-18-35)36-19-13-8-14-20-36)23-27-48(31-50-37-21-22-39(53-4)41(29-37)54-5)43(46)30-40(58-48)38-25-28-55-45(38)52/h6-22,25,29,40,42-44,50H,23-24,26-28,30-32H2,1-5H3/t40-,42-,43-,44+,46+,47-,48+/m0/s1. The molecule has 0 spiro atoms. The van der Waals surface area contributed by atoms with E-state index in [0.29, 0.717) is 43.1 Å². The molecule has 1 saturated heterocycles. The molecule has 9 nitrogen and oxygen atoms in total. The highest BCUT2D eigenvalue weighted by atomic mass is 16.6. The van der Waals surface area contributed by atoms with Gasteiger partial charge in [0.2, 0.25) is 0 Å². The lowest BCUT2D eigenvalue weighted by Gasteiger charge is -2.63. The molecule has 58 heavy (non-hydrogen) atoms. The van der Waals surface area contributed by atoms with Crippen molar-refractivity contribution in [3.63, 3.8) is 0 Å². The van der Waals surface area contributed by atoms with E-state index in [-0.39, 0.29) is 41.9 Å². The Bertz CT molecular complexity index is 2030. The van der Waals surface area contributed by atoms with E-state index in [9.17, 15) is 9.59 Å². The Morgan fingerprint density at radius 3 is 1.98 bits per heavy atom. The van der Waals surface area contributed by atoms with Crippen LogP contribution in [0.4, 0.5) is 5.69 Å². The Hall–Kier alpha value is -5.12. The number of benzene rings is 4. The number of anilines is 1. The number of methoxy groups -OCH3 is 2. The van der Waals surface area contributed by atoms with E-state index in [2.05, 4.69) is 92.0 Å². The summed E-state index contributed by atoms with van der Waals surface area (Å²) < 4.78 is 37.7. The molecule has 2 aliphatic heterocycles.